The number of imidazole rings is 1. The third-order valence-corrected chi connectivity index (χ3v) is 2.63. The van der Waals surface area contributed by atoms with E-state index in [1.165, 1.54) is 0 Å². The summed E-state index contributed by atoms with van der Waals surface area (Å²) < 4.78 is 6.96. The summed E-state index contributed by atoms with van der Waals surface area (Å²) >= 11 is 4.93. The van der Waals surface area contributed by atoms with Crippen LogP contribution in [0.5, 0.6) is 0 Å². The maximum atomic E-state index is 11.8. The van der Waals surface area contributed by atoms with Gasteiger partial charge in [-0.1, -0.05) is 0 Å². The Hall–Kier alpha value is -1.43. The first-order valence-corrected chi connectivity index (χ1v) is 5.48. The molecule has 0 atom stereocenters. The monoisotopic (exact) mass is 238 g/mol. The van der Waals surface area contributed by atoms with E-state index in [-0.39, 0.29) is 5.91 Å². The Morgan fingerprint density at radius 1 is 1.69 bits per heavy atom. The highest BCUT2D eigenvalue weighted by atomic mass is 32.1. The molecule has 1 aromatic rings. The molecule has 6 heteroatoms. The summed E-state index contributed by atoms with van der Waals surface area (Å²) in [6.45, 7) is 2.18. The minimum absolute atomic E-state index is 0.0966. The normalized spacial score (nSPS) is 16.0. The van der Waals surface area contributed by atoms with E-state index in [0.29, 0.717) is 37.7 Å². The van der Waals surface area contributed by atoms with Gasteiger partial charge in [-0.05, 0) is 12.2 Å². The van der Waals surface area contributed by atoms with Crippen LogP contribution >= 0.6 is 12.2 Å². The fourth-order valence-electron chi connectivity index (χ4n) is 1.52. The number of morpholine rings is 1. The standard InChI is InChI=1S/C10H12N3O2S/c14-9(1-3-12-4-2-11-8-12)13-5-6-15-10(16)7-13/h4,8H,1,3,5-7H2. The molecule has 2 heterocycles. The van der Waals surface area contributed by atoms with Crippen LogP contribution in [0.2, 0.25) is 0 Å². The number of aryl methyl sites for hydroxylation is 1. The molecule has 2 rings (SSSR count). The minimum atomic E-state index is 0.0966. The second-order valence-corrected chi connectivity index (χ2v) is 3.98. The largest absolute Gasteiger partial charge is 0.483 e. The van der Waals surface area contributed by atoms with Crippen molar-refractivity contribution in [2.45, 2.75) is 13.0 Å². The molecule has 0 aliphatic carbocycles. The van der Waals surface area contributed by atoms with Gasteiger partial charge in [0.15, 0.2) is 5.05 Å². The highest BCUT2D eigenvalue weighted by molar-refractivity contribution is 7.80. The number of thiocarbonyl (C=S) groups is 1. The molecule has 85 valence electrons. The molecule has 0 saturated carbocycles. The van der Waals surface area contributed by atoms with Crippen molar-refractivity contribution in [2.75, 3.05) is 19.7 Å². The van der Waals surface area contributed by atoms with Crippen molar-refractivity contribution >= 4 is 23.2 Å². The topological polar surface area (TPSA) is 47.4 Å². The van der Waals surface area contributed by atoms with Crippen LogP contribution in [0, 0.1) is 6.20 Å². The van der Waals surface area contributed by atoms with Gasteiger partial charge < -0.3 is 14.2 Å². The molecule has 0 spiro atoms. The third kappa shape index (κ3) is 2.79. The number of carbonyl (C=O) groups excluding carboxylic acids is 1. The lowest BCUT2D eigenvalue weighted by molar-refractivity contribution is -0.132. The molecule has 0 aromatic carbocycles. The third-order valence-electron chi connectivity index (χ3n) is 2.38. The summed E-state index contributed by atoms with van der Waals surface area (Å²) in [6, 6.07) is 0. The minimum Gasteiger partial charge on any atom is -0.483 e. The molecule has 1 saturated heterocycles. The van der Waals surface area contributed by atoms with Crippen molar-refractivity contribution in [3.8, 4) is 0 Å². The van der Waals surface area contributed by atoms with Crippen LogP contribution in [-0.2, 0) is 16.1 Å². The van der Waals surface area contributed by atoms with Crippen LogP contribution in [-0.4, -0.2) is 45.1 Å². The van der Waals surface area contributed by atoms with Gasteiger partial charge in [-0.25, -0.2) is 4.98 Å². The van der Waals surface area contributed by atoms with Crippen LogP contribution in [0.4, 0.5) is 0 Å². The Bertz CT molecular complexity index is 377. The van der Waals surface area contributed by atoms with E-state index >= 15 is 0 Å². The van der Waals surface area contributed by atoms with Crippen molar-refractivity contribution < 1.29 is 9.53 Å². The number of aromatic nitrogens is 2. The second-order valence-electron chi connectivity index (χ2n) is 3.53. The molecule has 1 fully saturated rings. The Balaban J connectivity index is 1.81. The Morgan fingerprint density at radius 2 is 2.56 bits per heavy atom. The number of nitrogens with zero attached hydrogens (tertiary/aromatic N) is 3. The number of hydrogen-bond donors (Lipinski definition) is 0. The predicted octanol–water partition coefficient (Wildman–Crippen LogP) is 0.260. The predicted molar refractivity (Wildman–Crippen MR) is 60.8 cm³/mol. The summed E-state index contributed by atoms with van der Waals surface area (Å²) in [5.41, 5.74) is 0. The summed E-state index contributed by atoms with van der Waals surface area (Å²) in [6.07, 6.45) is 6.51. The van der Waals surface area contributed by atoms with Gasteiger partial charge in [0.2, 0.25) is 5.91 Å². The van der Waals surface area contributed by atoms with Gasteiger partial charge in [-0.15, -0.1) is 0 Å². The van der Waals surface area contributed by atoms with Gasteiger partial charge in [0.1, 0.15) is 12.8 Å². The SMILES string of the molecule is O=C(CCn1c[c]nc1)N1CCOC(=S)C1. The lowest BCUT2D eigenvalue weighted by Gasteiger charge is -2.27. The van der Waals surface area contributed by atoms with Crippen LogP contribution in [0.25, 0.3) is 0 Å². The lowest BCUT2D eigenvalue weighted by atomic mass is 10.3. The smallest absolute Gasteiger partial charge is 0.224 e. The van der Waals surface area contributed by atoms with Gasteiger partial charge in [0, 0.05) is 19.2 Å². The molecule has 1 radical (unpaired) electrons. The number of amides is 1. The van der Waals surface area contributed by atoms with Crippen LogP contribution in [0.15, 0.2) is 12.5 Å². The fraction of sp³-hybridized carbons (Fsp3) is 0.500. The second kappa shape index (κ2) is 5.07. The van der Waals surface area contributed by atoms with E-state index < -0.39 is 0 Å². The van der Waals surface area contributed by atoms with Crippen LogP contribution in [0.3, 0.4) is 0 Å². The van der Waals surface area contributed by atoms with Crippen LogP contribution in [0.1, 0.15) is 6.42 Å². The number of ether oxygens (including phenoxy) is 1. The van der Waals surface area contributed by atoms with Gasteiger partial charge in [-0.3, -0.25) is 4.79 Å². The molecule has 0 unspecified atom stereocenters. The van der Waals surface area contributed by atoms with E-state index in [9.17, 15) is 4.79 Å². The number of rotatable bonds is 3. The summed E-state index contributed by atoms with van der Waals surface area (Å²) in [4.78, 5) is 17.3. The Labute approximate surface area is 99.0 Å². The molecular weight excluding hydrogens is 226 g/mol. The molecule has 0 bridgehead atoms. The molecule has 1 aliphatic heterocycles. The molecule has 5 nitrogen and oxygen atoms in total. The maximum absolute atomic E-state index is 11.8. The molecule has 16 heavy (non-hydrogen) atoms. The highest BCUT2D eigenvalue weighted by Gasteiger charge is 2.19. The van der Waals surface area contributed by atoms with Crippen molar-refractivity contribution in [3.63, 3.8) is 0 Å². The highest BCUT2D eigenvalue weighted by Crippen LogP contribution is 2.03. The quantitative estimate of drug-likeness (QED) is 0.709. The summed E-state index contributed by atoms with van der Waals surface area (Å²) in [5.74, 6) is 0.0966. The first kappa shape index (κ1) is 11.1. The zero-order chi connectivity index (χ0) is 11.4. The molecular formula is C10H12N3O2S. The number of hydrogen-bond acceptors (Lipinski definition) is 4. The van der Waals surface area contributed by atoms with Gasteiger partial charge in [0.25, 0.3) is 0 Å². The van der Waals surface area contributed by atoms with Gasteiger partial charge >= 0.3 is 0 Å². The van der Waals surface area contributed by atoms with Crippen molar-refractivity contribution in [2.24, 2.45) is 0 Å². The van der Waals surface area contributed by atoms with E-state index in [1.807, 2.05) is 4.57 Å². The van der Waals surface area contributed by atoms with E-state index in [4.69, 9.17) is 17.0 Å². The van der Waals surface area contributed by atoms with Gasteiger partial charge in [0.05, 0.1) is 19.4 Å². The number of carbonyl (C=O) groups is 1. The zero-order valence-corrected chi connectivity index (χ0v) is 9.57. The van der Waals surface area contributed by atoms with E-state index in [0.717, 1.165) is 0 Å². The van der Waals surface area contributed by atoms with Crippen molar-refractivity contribution in [3.05, 3.63) is 18.7 Å². The molecule has 1 amide bonds. The average molecular weight is 238 g/mol. The van der Waals surface area contributed by atoms with Crippen molar-refractivity contribution in [1.29, 1.82) is 0 Å². The van der Waals surface area contributed by atoms with Crippen LogP contribution < -0.4 is 0 Å². The summed E-state index contributed by atoms with van der Waals surface area (Å²) in [7, 11) is 0. The van der Waals surface area contributed by atoms with Gasteiger partial charge in [-0.2, -0.15) is 0 Å². The van der Waals surface area contributed by atoms with E-state index in [1.54, 1.807) is 17.4 Å². The molecule has 1 aliphatic rings. The van der Waals surface area contributed by atoms with E-state index in [2.05, 4.69) is 11.2 Å². The summed E-state index contributed by atoms with van der Waals surface area (Å²) in [5, 5.41) is 0.496. The first-order valence-electron chi connectivity index (χ1n) is 5.07. The Morgan fingerprint density at radius 3 is 3.25 bits per heavy atom. The average Bonchev–Trinajstić information content (AvgIpc) is 2.78. The maximum Gasteiger partial charge on any atom is 0.224 e. The van der Waals surface area contributed by atoms with Crippen molar-refractivity contribution in [1.82, 2.24) is 14.5 Å². The lowest BCUT2D eigenvalue weighted by Crippen LogP contribution is -2.43. The first-order chi connectivity index (χ1) is 7.75. The molecule has 0 N–H and O–H groups in total. The fourth-order valence-corrected chi connectivity index (χ4v) is 1.76. The Kier molecular flexibility index (Phi) is 3.51. The zero-order valence-electron chi connectivity index (χ0n) is 8.76. The molecule has 1 aromatic heterocycles.